The van der Waals surface area contributed by atoms with E-state index in [-0.39, 0.29) is 11.4 Å². The second kappa shape index (κ2) is 8.36. The SMILES string of the molecule is CN(C)S(=O)(=O)c1cc(C(=O)Nc2ncc(Cc3ccc(F)cc3)s2)ccc1F. The standard InChI is InChI=1S/C19H17F2N3O3S2/c1-24(2)29(26,27)17-10-13(5-8-16(17)21)18(25)23-19-22-11-15(28-19)9-12-3-6-14(20)7-4-12/h3-8,10-11H,9H2,1-2H3,(H,22,23,25). The zero-order valence-electron chi connectivity index (χ0n) is 15.5. The van der Waals surface area contributed by atoms with Gasteiger partial charge in [-0.1, -0.05) is 12.1 Å². The first-order valence-corrected chi connectivity index (χ1v) is 10.6. The van der Waals surface area contributed by atoms with Gasteiger partial charge in [0.05, 0.1) is 0 Å². The first-order valence-electron chi connectivity index (χ1n) is 8.39. The van der Waals surface area contributed by atoms with E-state index < -0.39 is 26.6 Å². The number of halogens is 2. The highest BCUT2D eigenvalue weighted by Crippen LogP contribution is 2.23. The van der Waals surface area contributed by atoms with Crippen molar-refractivity contribution in [3.05, 3.63) is 76.3 Å². The average Bonchev–Trinajstić information content (AvgIpc) is 3.10. The summed E-state index contributed by atoms with van der Waals surface area (Å²) in [6.07, 6.45) is 2.12. The average molecular weight is 437 g/mol. The van der Waals surface area contributed by atoms with Gasteiger partial charge in [-0.2, -0.15) is 0 Å². The lowest BCUT2D eigenvalue weighted by molar-refractivity contribution is 0.102. The van der Waals surface area contributed by atoms with Crippen LogP contribution < -0.4 is 5.32 Å². The van der Waals surface area contributed by atoms with E-state index in [1.807, 2.05) is 0 Å². The zero-order valence-corrected chi connectivity index (χ0v) is 17.2. The molecule has 3 aromatic rings. The van der Waals surface area contributed by atoms with E-state index in [1.165, 1.54) is 43.6 Å². The first-order chi connectivity index (χ1) is 13.7. The molecule has 0 saturated carbocycles. The lowest BCUT2D eigenvalue weighted by atomic mass is 10.1. The highest BCUT2D eigenvalue weighted by molar-refractivity contribution is 7.89. The molecule has 0 radical (unpaired) electrons. The van der Waals surface area contributed by atoms with Crippen molar-refractivity contribution in [3.63, 3.8) is 0 Å². The summed E-state index contributed by atoms with van der Waals surface area (Å²) in [6, 6.07) is 9.20. The van der Waals surface area contributed by atoms with Crippen LogP contribution in [0.25, 0.3) is 0 Å². The van der Waals surface area contributed by atoms with Gasteiger partial charge >= 0.3 is 0 Å². The molecule has 1 N–H and O–H groups in total. The van der Waals surface area contributed by atoms with Crippen LogP contribution in [0.2, 0.25) is 0 Å². The van der Waals surface area contributed by atoms with Crippen LogP contribution in [0.5, 0.6) is 0 Å². The Kier molecular flexibility index (Phi) is 6.06. The fraction of sp³-hybridized carbons (Fsp3) is 0.158. The van der Waals surface area contributed by atoms with Crippen LogP contribution in [0.3, 0.4) is 0 Å². The Morgan fingerprint density at radius 3 is 2.48 bits per heavy atom. The van der Waals surface area contributed by atoms with Gasteiger partial charge < -0.3 is 0 Å². The van der Waals surface area contributed by atoms with Gasteiger partial charge in [0.2, 0.25) is 10.0 Å². The third-order valence-electron chi connectivity index (χ3n) is 4.02. The smallest absolute Gasteiger partial charge is 0.257 e. The number of hydrogen-bond donors (Lipinski definition) is 1. The van der Waals surface area contributed by atoms with Gasteiger partial charge in [-0.3, -0.25) is 10.1 Å². The van der Waals surface area contributed by atoms with Crippen molar-refractivity contribution < 1.29 is 22.0 Å². The van der Waals surface area contributed by atoms with Crippen LogP contribution in [0.4, 0.5) is 13.9 Å². The molecule has 0 atom stereocenters. The van der Waals surface area contributed by atoms with Gasteiger partial charge in [-0.05, 0) is 35.9 Å². The number of anilines is 1. The maximum atomic E-state index is 14.0. The molecule has 0 aliphatic rings. The third-order valence-corrected chi connectivity index (χ3v) is 6.76. The zero-order chi connectivity index (χ0) is 21.2. The van der Waals surface area contributed by atoms with Crippen molar-refractivity contribution in [1.82, 2.24) is 9.29 Å². The Balaban J connectivity index is 1.76. The molecule has 0 bridgehead atoms. The van der Waals surface area contributed by atoms with Crippen LogP contribution in [-0.4, -0.2) is 37.7 Å². The fourth-order valence-corrected chi connectivity index (χ4v) is 4.28. The number of rotatable bonds is 6. The number of amides is 1. The van der Waals surface area contributed by atoms with Gasteiger partial charge in [0.15, 0.2) is 5.13 Å². The summed E-state index contributed by atoms with van der Waals surface area (Å²) in [6.45, 7) is 0. The number of nitrogens with one attached hydrogen (secondary N) is 1. The largest absolute Gasteiger partial charge is 0.298 e. The maximum Gasteiger partial charge on any atom is 0.257 e. The van der Waals surface area contributed by atoms with Crippen LogP contribution in [0.1, 0.15) is 20.8 Å². The molecule has 0 aliphatic heterocycles. The Labute approximate surface area is 170 Å². The molecule has 152 valence electrons. The van der Waals surface area contributed by atoms with Crippen LogP contribution >= 0.6 is 11.3 Å². The normalized spacial score (nSPS) is 11.6. The summed E-state index contributed by atoms with van der Waals surface area (Å²) < 4.78 is 52.2. The van der Waals surface area contributed by atoms with E-state index in [1.54, 1.807) is 18.3 Å². The van der Waals surface area contributed by atoms with Crippen LogP contribution in [0.15, 0.2) is 53.6 Å². The molecule has 0 spiro atoms. The van der Waals surface area contributed by atoms with Gasteiger partial charge in [-0.15, -0.1) is 11.3 Å². The Morgan fingerprint density at radius 2 is 1.83 bits per heavy atom. The lowest BCUT2D eigenvalue weighted by Crippen LogP contribution is -2.24. The van der Waals surface area contributed by atoms with Gasteiger partial charge in [0.25, 0.3) is 5.91 Å². The Bertz CT molecular complexity index is 1140. The van der Waals surface area contributed by atoms with Crippen LogP contribution in [-0.2, 0) is 16.4 Å². The molecule has 3 rings (SSSR count). The molecular weight excluding hydrogens is 420 g/mol. The van der Waals surface area contributed by atoms with Crippen molar-refractivity contribution in [3.8, 4) is 0 Å². The van der Waals surface area contributed by atoms with Crippen molar-refractivity contribution in [2.75, 3.05) is 19.4 Å². The number of sulfonamides is 1. The molecule has 0 unspecified atom stereocenters. The first kappa shape index (κ1) is 21.0. The summed E-state index contributed by atoms with van der Waals surface area (Å²) in [4.78, 5) is 16.9. The quantitative estimate of drug-likeness (QED) is 0.640. The second-order valence-electron chi connectivity index (χ2n) is 6.32. The predicted molar refractivity (Wildman–Crippen MR) is 107 cm³/mol. The summed E-state index contributed by atoms with van der Waals surface area (Å²) >= 11 is 1.24. The number of aromatic nitrogens is 1. The molecule has 0 aliphatic carbocycles. The monoisotopic (exact) mass is 437 g/mol. The van der Waals surface area contributed by atoms with E-state index in [0.29, 0.717) is 11.6 Å². The lowest BCUT2D eigenvalue weighted by Gasteiger charge is -2.13. The molecule has 6 nitrogen and oxygen atoms in total. The highest BCUT2D eigenvalue weighted by atomic mass is 32.2. The number of carbonyl (C=O) groups excluding carboxylic acids is 1. The minimum absolute atomic E-state index is 0.0119. The van der Waals surface area contributed by atoms with E-state index in [2.05, 4.69) is 10.3 Å². The summed E-state index contributed by atoms with van der Waals surface area (Å²) in [5, 5.41) is 2.89. The molecule has 1 aromatic heterocycles. The molecule has 2 aromatic carbocycles. The fourth-order valence-electron chi connectivity index (χ4n) is 2.46. The number of thiazole rings is 1. The molecule has 1 amide bonds. The second-order valence-corrected chi connectivity index (χ2v) is 9.56. The van der Waals surface area contributed by atoms with Crippen molar-refractivity contribution in [2.24, 2.45) is 0 Å². The van der Waals surface area contributed by atoms with Crippen molar-refractivity contribution >= 4 is 32.4 Å². The Hall–Kier alpha value is -2.69. The minimum atomic E-state index is -4.03. The van der Waals surface area contributed by atoms with Gasteiger partial charge in [0.1, 0.15) is 16.5 Å². The summed E-state index contributed by atoms with van der Waals surface area (Å²) in [5.41, 5.74) is 0.882. The van der Waals surface area contributed by atoms with Gasteiger partial charge in [0, 0.05) is 37.2 Å². The summed E-state index contributed by atoms with van der Waals surface area (Å²) in [7, 11) is -1.48. The highest BCUT2D eigenvalue weighted by Gasteiger charge is 2.23. The molecule has 10 heteroatoms. The van der Waals surface area contributed by atoms with Gasteiger partial charge in [-0.25, -0.2) is 26.5 Å². The van der Waals surface area contributed by atoms with Crippen molar-refractivity contribution in [2.45, 2.75) is 11.3 Å². The van der Waals surface area contributed by atoms with E-state index >= 15 is 0 Å². The summed E-state index contributed by atoms with van der Waals surface area (Å²) in [5.74, 6) is -1.87. The topological polar surface area (TPSA) is 79.4 Å². The third kappa shape index (κ3) is 4.84. The minimum Gasteiger partial charge on any atom is -0.298 e. The number of carbonyl (C=O) groups is 1. The maximum absolute atomic E-state index is 14.0. The number of hydrogen-bond acceptors (Lipinski definition) is 5. The molecular formula is C19H17F2N3O3S2. The van der Waals surface area contributed by atoms with Crippen LogP contribution in [0, 0.1) is 11.6 Å². The van der Waals surface area contributed by atoms with E-state index in [4.69, 9.17) is 0 Å². The Morgan fingerprint density at radius 1 is 1.14 bits per heavy atom. The van der Waals surface area contributed by atoms with Crippen molar-refractivity contribution in [1.29, 1.82) is 0 Å². The predicted octanol–water partition coefficient (Wildman–Crippen LogP) is 3.51. The molecule has 0 fully saturated rings. The number of benzene rings is 2. The van der Waals surface area contributed by atoms with E-state index in [0.717, 1.165) is 26.9 Å². The molecule has 1 heterocycles. The molecule has 0 saturated heterocycles. The van der Waals surface area contributed by atoms with E-state index in [9.17, 15) is 22.0 Å². The number of nitrogens with zero attached hydrogens (tertiary/aromatic N) is 2. The molecule has 29 heavy (non-hydrogen) atoms.